The van der Waals surface area contributed by atoms with Crippen molar-refractivity contribution in [3.05, 3.63) is 58.1 Å². The summed E-state index contributed by atoms with van der Waals surface area (Å²) in [7, 11) is 0. The highest BCUT2D eigenvalue weighted by atomic mass is 35.5. The van der Waals surface area contributed by atoms with Gasteiger partial charge >= 0.3 is 0 Å². The van der Waals surface area contributed by atoms with Gasteiger partial charge in [-0.25, -0.2) is 0 Å². The first-order valence-corrected chi connectivity index (χ1v) is 7.75. The van der Waals surface area contributed by atoms with Gasteiger partial charge in [0.05, 0.1) is 0 Å². The molecule has 0 aliphatic heterocycles. The van der Waals surface area contributed by atoms with Crippen LogP contribution in [0.25, 0.3) is 0 Å². The highest BCUT2D eigenvalue weighted by Gasteiger charge is 2.07. The van der Waals surface area contributed by atoms with E-state index in [1.54, 1.807) is 18.2 Å². The predicted molar refractivity (Wildman–Crippen MR) is 96.8 cm³/mol. The SMILES string of the molecule is CC(C)c1ccccc1NC(=S)Nc1cc(Cl)cc(Cl)c1. The first kappa shape index (κ1) is 16.1. The van der Waals surface area contributed by atoms with Crippen LogP contribution in [0.15, 0.2) is 42.5 Å². The average Bonchev–Trinajstić information content (AvgIpc) is 2.37. The number of rotatable bonds is 3. The van der Waals surface area contributed by atoms with Gasteiger partial charge in [-0.1, -0.05) is 55.2 Å². The standard InChI is InChI=1S/C16H16Cl2N2S/c1-10(2)14-5-3-4-6-15(14)20-16(21)19-13-8-11(17)7-12(18)9-13/h3-10H,1-2H3,(H2,19,20,21). The van der Waals surface area contributed by atoms with E-state index in [4.69, 9.17) is 35.4 Å². The first-order chi connectivity index (χ1) is 9.95. The van der Waals surface area contributed by atoms with Crippen molar-refractivity contribution in [2.75, 3.05) is 10.6 Å². The number of hydrogen-bond donors (Lipinski definition) is 2. The molecule has 0 spiro atoms. The normalized spacial score (nSPS) is 10.5. The van der Waals surface area contributed by atoms with Crippen LogP contribution in [-0.4, -0.2) is 5.11 Å². The van der Waals surface area contributed by atoms with Crippen LogP contribution in [0.2, 0.25) is 10.0 Å². The van der Waals surface area contributed by atoms with Crippen molar-refractivity contribution >= 4 is 51.9 Å². The average molecular weight is 339 g/mol. The molecule has 0 atom stereocenters. The Bertz CT molecular complexity index is 636. The van der Waals surface area contributed by atoms with Gasteiger partial charge in [-0.2, -0.15) is 0 Å². The molecule has 0 aromatic heterocycles. The summed E-state index contributed by atoms with van der Waals surface area (Å²) in [5.74, 6) is 0.414. The molecule has 2 nitrogen and oxygen atoms in total. The Labute approximate surface area is 140 Å². The van der Waals surface area contributed by atoms with Gasteiger partial charge in [0, 0.05) is 21.4 Å². The minimum absolute atomic E-state index is 0.414. The summed E-state index contributed by atoms with van der Waals surface area (Å²) in [6.07, 6.45) is 0. The van der Waals surface area contributed by atoms with E-state index in [2.05, 4.69) is 30.5 Å². The Morgan fingerprint density at radius 1 is 1.00 bits per heavy atom. The van der Waals surface area contributed by atoms with Crippen LogP contribution in [0.5, 0.6) is 0 Å². The van der Waals surface area contributed by atoms with Crippen molar-refractivity contribution in [2.45, 2.75) is 19.8 Å². The zero-order valence-corrected chi connectivity index (χ0v) is 14.1. The summed E-state index contributed by atoms with van der Waals surface area (Å²) in [4.78, 5) is 0. The Hall–Kier alpha value is -1.29. The fraction of sp³-hybridized carbons (Fsp3) is 0.188. The molecule has 0 aliphatic rings. The fourth-order valence-corrected chi connectivity index (χ4v) is 2.78. The van der Waals surface area contributed by atoms with Crippen LogP contribution < -0.4 is 10.6 Å². The molecule has 0 radical (unpaired) electrons. The molecule has 2 aromatic carbocycles. The van der Waals surface area contributed by atoms with Crippen molar-refractivity contribution < 1.29 is 0 Å². The smallest absolute Gasteiger partial charge is 0.175 e. The van der Waals surface area contributed by atoms with E-state index in [1.807, 2.05) is 18.2 Å². The fourth-order valence-electron chi connectivity index (χ4n) is 2.02. The summed E-state index contributed by atoms with van der Waals surface area (Å²) in [6, 6.07) is 13.3. The van der Waals surface area contributed by atoms with Gasteiger partial charge < -0.3 is 10.6 Å². The predicted octanol–water partition coefficient (Wildman–Crippen LogP) is 5.93. The number of benzene rings is 2. The van der Waals surface area contributed by atoms with E-state index in [-0.39, 0.29) is 0 Å². The van der Waals surface area contributed by atoms with E-state index < -0.39 is 0 Å². The zero-order valence-electron chi connectivity index (χ0n) is 11.8. The Kier molecular flexibility index (Phi) is 5.45. The lowest BCUT2D eigenvalue weighted by molar-refractivity contribution is 0.869. The second-order valence-corrected chi connectivity index (χ2v) is 6.26. The Morgan fingerprint density at radius 3 is 2.24 bits per heavy atom. The molecule has 0 aliphatic carbocycles. The van der Waals surface area contributed by atoms with Crippen LogP contribution in [0.4, 0.5) is 11.4 Å². The van der Waals surface area contributed by atoms with Gasteiger partial charge in [0.1, 0.15) is 0 Å². The van der Waals surface area contributed by atoms with Crippen LogP contribution in [0.1, 0.15) is 25.3 Å². The molecular weight excluding hydrogens is 323 g/mol. The maximum Gasteiger partial charge on any atom is 0.175 e. The molecule has 110 valence electrons. The highest BCUT2D eigenvalue weighted by molar-refractivity contribution is 7.80. The maximum absolute atomic E-state index is 5.97. The minimum Gasteiger partial charge on any atom is -0.332 e. The lowest BCUT2D eigenvalue weighted by atomic mass is 10.0. The van der Waals surface area contributed by atoms with E-state index in [1.165, 1.54) is 5.56 Å². The van der Waals surface area contributed by atoms with Crippen LogP contribution in [0.3, 0.4) is 0 Å². The number of hydrogen-bond acceptors (Lipinski definition) is 1. The molecule has 0 heterocycles. The van der Waals surface area contributed by atoms with Gasteiger partial charge in [0.2, 0.25) is 0 Å². The third-order valence-electron chi connectivity index (χ3n) is 2.95. The molecule has 2 N–H and O–H groups in total. The molecule has 21 heavy (non-hydrogen) atoms. The van der Waals surface area contributed by atoms with Gasteiger partial charge in [-0.05, 0) is 48.0 Å². The zero-order chi connectivity index (χ0) is 15.4. The molecule has 2 rings (SSSR count). The van der Waals surface area contributed by atoms with Gasteiger partial charge in [0.15, 0.2) is 5.11 Å². The van der Waals surface area contributed by atoms with Crippen molar-refractivity contribution in [3.8, 4) is 0 Å². The molecule has 0 fully saturated rings. The molecule has 0 bridgehead atoms. The number of thiocarbonyl (C=S) groups is 1. The number of halogens is 2. The van der Waals surface area contributed by atoms with Gasteiger partial charge in [-0.15, -0.1) is 0 Å². The van der Waals surface area contributed by atoms with E-state index in [0.29, 0.717) is 21.1 Å². The van der Waals surface area contributed by atoms with E-state index in [9.17, 15) is 0 Å². The number of anilines is 2. The highest BCUT2D eigenvalue weighted by Crippen LogP contribution is 2.25. The van der Waals surface area contributed by atoms with Crippen molar-refractivity contribution in [2.24, 2.45) is 0 Å². The van der Waals surface area contributed by atoms with E-state index in [0.717, 1.165) is 11.4 Å². The third-order valence-corrected chi connectivity index (χ3v) is 3.59. The summed E-state index contributed by atoms with van der Waals surface area (Å²) in [5, 5.41) is 7.93. The lowest BCUT2D eigenvalue weighted by Gasteiger charge is -2.16. The minimum atomic E-state index is 0.414. The molecular formula is C16H16Cl2N2S. The molecule has 5 heteroatoms. The van der Waals surface area contributed by atoms with Crippen LogP contribution >= 0.6 is 35.4 Å². The van der Waals surface area contributed by atoms with Crippen LogP contribution in [0, 0.1) is 0 Å². The Balaban J connectivity index is 2.12. The third kappa shape index (κ3) is 4.60. The quantitative estimate of drug-likeness (QED) is 0.678. The second-order valence-electron chi connectivity index (χ2n) is 4.98. The largest absolute Gasteiger partial charge is 0.332 e. The summed E-state index contributed by atoms with van der Waals surface area (Å²) in [6.45, 7) is 4.29. The van der Waals surface area contributed by atoms with Crippen LogP contribution in [-0.2, 0) is 0 Å². The van der Waals surface area contributed by atoms with Crippen molar-refractivity contribution in [1.82, 2.24) is 0 Å². The topological polar surface area (TPSA) is 24.1 Å². The molecule has 0 saturated carbocycles. The number of para-hydroxylation sites is 1. The second kappa shape index (κ2) is 7.12. The molecule has 0 unspecified atom stereocenters. The maximum atomic E-state index is 5.97. The summed E-state index contributed by atoms with van der Waals surface area (Å²) < 4.78 is 0. The summed E-state index contributed by atoms with van der Waals surface area (Å²) >= 11 is 17.3. The Morgan fingerprint density at radius 2 is 1.62 bits per heavy atom. The van der Waals surface area contributed by atoms with E-state index >= 15 is 0 Å². The molecule has 0 amide bonds. The lowest BCUT2D eigenvalue weighted by Crippen LogP contribution is -2.20. The van der Waals surface area contributed by atoms with Crippen molar-refractivity contribution in [3.63, 3.8) is 0 Å². The first-order valence-electron chi connectivity index (χ1n) is 6.58. The van der Waals surface area contributed by atoms with Gasteiger partial charge in [-0.3, -0.25) is 0 Å². The number of nitrogens with one attached hydrogen (secondary N) is 2. The monoisotopic (exact) mass is 338 g/mol. The molecule has 0 saturated heterocycles. The molecule has 2 aromatic rings. The van der Waals surface area contributed by atoms with Crippen molar-refractivity contribution in [1.29, 1.82) is 0 Å². The van der Waals surface area contributed by atoms with Gasteiger partial charge in [0.25, 0.3) is 0 Å². The summed E-state index contributed by atoms with van der Waals surface area (Å²) in [5.41, 5.74) is 2.97.